The highest BCUT2D eigenvalue weighted by Gasteiger charge is 2.17. The van der Waals surface area contributed by atoms with Gasteiger partial charge in [0.05, 0.1) is 0 Å². The smallest absolute Gasteiger partial charge is 0.107 e. The van der Waals surface area contributed by atoms with E-state index in [1.807, 2.05) is 38.1 Å². The number of rotatable bonds is 2. The van der Waals surface area contributed by atoms with Gasteiger partial charge in [0.25, 0.3) is 0 Å². The summed E-state index contributed by atoms with van der Waals surface area (Å²) in [6, 6.07) is 11.0. The first-order valence-electron chi connectivity index (χ1n) is 5.70. The Morgan fingerprint density at radius 1 is 0.889 bits per heavy atom. The monoisotopic (exact) mass is 280 g/mol. The topological polar surface area (TPSA) is 20.2 Å². The van der Waals surface area contributed by atoms with E-state index in [0.717, 1.165) is 11.1 Å². The van der Waals surface area contributed by atoms with E-state index in [2.05, 4.69) is 0 Å². The van der Waals surface area contributed by atoms with Crippen LogP contribution in [0, 0.1) is 13.8 Å². The molecule has 18 heavy (non-hydrogen) atoms. The van der Waals surface area contributed by atoms with E-state index in [9.17, 15) is 5.11 Å². The number of halogens is 2. The van der Waals surface area contributed by atoms with Crippen LogP contribution in [0.15, 0.2) is 36.4 Å². The van der Waals surface area contributed by atoms with E-state index in [-0.39, 0.29) is 0 Å². The van der Waals surface area contributed by atoms with Gasteiger partial charge in [-0.3, -0.25) is 0 Å². The molecule has 2 aromatic rings. The van der Waals surface area contributed by atoms with E-state index in [0.29, 0.717) is 21.2 Å². The van der Waals surface area contributed by atoms with Crippen molar-refractivity contribution in [1.82, 2.24) is 0 Å². The molecule has 0 aliphatic rings. The highest BCUT2D eigenvalue weighted by molar-refractivity contribution is 6.32. The van der Waals surface area contributed by atoms with Gasteiger partial charge in [0, 0.05) is 21.2 Å². The maximum absolute atomic E-state index is 10.4. The molecular weight excluding hydrogens is 267 g/mol. The Morgan fingerprint density at radius 3 is 2.17 bits per heavy atom. The minimum atomic E-state index is -0.800. The molecule has 1 N–H and O–H groups in total. The van der Waals surface area contributed by atoms with E-state index in [1.54, 1.807) is 12.1 Å². The first-order chi connectivity index (χ1) is 8.50. The second-order valence-corrected chi connectivity index (χ2v) is 5.20. The molecule has 2 rings (SSSR count). The van der Waals surface area contributed by atoms with Gasteiger partial charge in [0.15, 0.2) is 0 Å². The summed E-state index contributed by atoms with van der Waals surface area (Å²) in [7, 11) is 0. The van der Waals surface area contributed by atoms with Crippen molar-refractivity contribution in [3.05, 3.63) is 68.7 Å². The van der Waals surface area contributed by atoms with Crippen LogP contribution in [0.2, 0.25) is 10.0 Å². The molecule has 1 unspecified atom stereocenters. The molecule has 0 spiro atoms. The van der Waals surface area contributed by atoms with Crippen molar-refractivity contribution in [2.45, 2.75) is 20.0 Å². The van der Waals surface area contributed by atoms with E-state index in [4.69, 9.17) is 23.2 Å². The second kappa shape index (κ2) is 5.31. The summed E-state index contributed by atoms with van der Waals surface area (Å²) in [5.74, 6) is 0. The van der Waals surface area contributed by atoms with Crippen LogP contribution in [0.3, 0.4) is 0 Å². The van der Waals surface area contributed by atoms with Crippen molar-refractivity contribution >= 4 is 23.2 Å². The average molecular weight is 281 g/mol. The zero-order chi connectivity index (χ0) is 13.3. The van der Waals surface area contributed by atoms with Crippen LogP contribution in [0.4, 0.5) is 0 Å². The van der Waals surface area contributed by atoms with Crippen LogP contribution in [0.25, 0.3) is 0 Å². The highest BCUT2D eigenvalue weighted by atomic mass is 35.5. The summed E-state index contributed by atoms with van der Waals surface area (Å²) in [6.45, 7) is 3.99. The van der Waals surface area contributed by atoms with Crippen molar-refractivity contribution in [1.29, 1.82) is 0 Å². The van der Waals surface area contributed by atoms with Crippen molar-refractivity contribution in [2.24, 2.45) is 0 Å². The Labute approximate surface area is 117 Å². The Kier molecular flexibility index (Phi) is 3.96. The summed E-state index contributed by atoms with van der Waals surface area (Å²) in [5.41, 5.74) is 3.56. The normalized spacial score (nSPS) is 12.5. The zero-order valence-electron chi connectivity index (χ0n) is 10.2. The lowest BCUT2D eigenvalue weighted by Gasteiger charge is -2.16. The van der Waals surface area contributed by atoms with Gasteiger partial charge in [0.1, 0.15) is 6.10 Å². The van der Waals surface area contributed by atoms with Gasteiger partial charge in [-0.25, -0.2) is 0 Å². The molecule has 0 radical (unpaired) electrons. The molecule has 2 aromatic carbocycles. The predicted octanol–water partition coefficient (Wildman–Crippen LogP) is 4.69. The van der Waals surface area contributed by atoms with Crippen molar-refractivity contribution < 1.29 is 5.11 Å². The first kappa shape index (κ1) is 13.4. The van der Waals surface area contributed by atoms with Crippen LogP contribution < -0.4 is 0 Å². The molecular formula is C15H14Cl2O. The quantitative estimate of drug-likeness (QED) is 0.846. The third-order valence-corrected chi connectivity index (χ3v) is 3.78. The van der Waals surface area contributed by atoms with E-state index in [1.165, 1.54) is 0 Å². The van der Waals surface area contributed by atoms with E-state index >= 15 is 0 Å². The van der Waals surface area contributed by atoms with Crippen LogP contribution in [0.5, 0.6) is 0 Å². The molecule has 1 atom stereocenters. The van der Waals surface area contributed by atoms with Gasteiger partial charge in [0.2, 0.25) is 0 Å². The zero-order valence-corrected chi connectivity index (χ0v) is 11.8. The lowest BCUT2D eigenvalue weighted by Crippen LogP contribution is -2.02. The molecule has 0 aliphatic carbocycles. The van der Waals surface area contributed by atoms with Crippen LogP contribution >= 0.6 is 23.2 Å². The lowest BCUT2D eigenvalue weighted by molar-refractivity contribution is 0.220. The number of benzene rings is 2. The fourth-order valence-corrected chi connectivity index (χ4v) is 2.44. The molecule has 0 aliphatic heterocycles. The Bertz CT molecular complexity index is 579. The Morgan fingerprint density at radius 2 is 1.50 bits per heavy atom. The number of hydrogen-bond donors (Lipinski definition) is 1. The molecule has 0 aromatic heterocycles. The fourth-order valence-electron chi connectivity index (χ4n) is 1.88. The maximum Gasteiger partial charge on any atom is 0.107 e. The number of aryl methyl sites for hydroxylation is 2. The van der Waals surface area contributed by atoms with Crippen LogP contribution in [-0.2, 0) is 0 Å². The minimum absolute atomic E-state index is 0.541. The van der Waals surface area contributed by atoms with Crippen molar-refractivity contribution in [2.75, 3.05) is 0 Å². The van der Waals surface area contributed by atoms with Gasteiger partial charge in [-0.15, -0.1) is 0 Å². The molecule has 0 heterocycles. The van der Waals surface area contributed by atoms with Crippen LogP contribution in [0.1, 0.15) is 28.4 Å². The highest BCUT2D eigenvalue weighted by Crippen LogP contribution is 2.33. The molecule has 0 amide bonds. The molecule has 0 saturated heterocycles. The molecule has 0 fully saturated rings. The van der Waals surface area contributed by atoms with Crippen molar-refractivity contribution in [3.8, 4) is 0 Å². The summed E-state index contributed by atoms with van der Waals surface area (Å²) in [6.07, 6.45) is -0.800. The third kappa shape index (κ3) is 2.54. The van der Waals surface area contributed by atoms with E-state index < -0.39 is 6.10 Å². The fraction of sp³-hybridized carbons (Fsp3) is 0.200. The summed E-state index contributed by atoms with van der Waals surface area (Å²) >= 11 is 12.3. The van der Waals surface area contributed by atoms with Gasteiger partial charge < -0.3 is 5.11 Å². The number of aliphatic hydroxyl groups excluding tert-OH is 1. The van der Waals surface area contributed by atoms with Gasteiger partial charge >= 0.3 is 0 Å². The Hall–Kier alpha value is -1.02. The van der Waals surface area contributed by atoms with Gasteiger partial charge in [-0.05, 0) is 37.1 Å². The largest absolute Gasteiger partial charge is 0.384 e. The summed E-state index contributed by atoms with van der Waals surface area (Å²) in [5, 5.41) is 11.5. The summed E-state index contributed by atoms with van der Waals surface area (Å²) < 4.78 is 0. The maximum atomic E-state index is 10.4. The molecule has 1 nitrogen and oxygen atoms in total. The van der Waals surface area contributed by atoms with Gasteiger partial charge in [-0.1, -0.05) is 47.5 Å². The third-order valence-electron chi connectivity index (χ3n) is 3.11. The standard InChI is InChI=1S/C15H14Cl2O/c1-9-7-12(14(17)8-10(9)2)15(18)11-5-3-4-6-13(11)16/h3-8,15,18H,1-2H3. The van der Waals surface area contributed by atoms with Crippen molar-refractivity contribution in [3.63, 3.8) is 0 Å². The molecule has 94 valence electrons. The predicted molar refractivity (Wildman–Crippen MR) is 76.4 cm³/mol. The number of hydrogen-bond acceptors (Lipinski definition) is 1. The average Bonchev–Trinajstić information content (AvgIpc) is 2.33. The SMILES string of the molecule is Cc1cc(Cl)c(C(O)c2ccccc2Cl)cc1C. The Balaban J connectivity index is 2.50. The summed E-state index contributed by atoms with van der Waals surface area (Å²) in [4.78, 5) is 0. The van der Waals surface area contributed by atoms with Crippen LogP contribution in [-0.4, -0.2) is 5.11 Å². The number of aliphatic hydroxyl groups is 1. The molecule has 0 saturated carbocycles. The first-order valence-corrected chi connectivity index (χ1v) is 6.45. The second-order valence-electron chi connectivity index (χ2n) is 4.38. The lowest BCUT2D eigenvalue weighted by atomic mass is 9.98. The van der Waals surface area contributed by atoms with Gasteiger partial charge in [-0.2, -0.15) is 0 Å². The minimum Gasteiger partial charge on any atom is -0.384 e. The molecule has 3 heteroatoms. The molecule has 0 bridgehead atoms.